The molecule has 0 unspecified atom stereocenters. The van der Waals surface area contributed by atoms with Crippen molar-refractivity contribution in [2.75, 3.05) is 11.9 Å². The standard InChI is InChI=1S/C17H23BrN2/c1-6-7-19-16-14(17(3,4)5)10-12-9-13(18)8-11(2)15(12)20-16/h8-10H,6-7H2,1-5H3,(H,19,20). The Balaban J connectivity index is 2.68. The first-order chi connectivity index (χ1) is 9.32. The van der Waals surface area contributed by atoms with Crippen molar-refractivity contribution in [3.05, 3.63) is 33.8 Å². The quantitative estimate of drug-likeness (QED) is 0.809. The van der Waals surface area contributed by atoms with Crippen LogP contribution >= 0.6 is 15.9 Å². The van der Waals surface area contributed by atoms with E-state index in [0.29, 0.717) is 0 Å². The summed E-state index contributed by atoms with van der Waals surface area (Å²) in [6.07, 6.45) is 1.10. The summed E-state index contributed by atoms with van der Waals surface area (Å²) in [6.45, 7) is 11.9. The zero-order valence-electron chi connectivity index (χ0n) is 13.0. The Bertz CT molecular complexity index is 627. The van der Waals surface area contributed by atoms with E-state index in [4.69, 9.17) is 4.98 Å². The van der Waals surface area contributed by atoms with Gasteiger partial charge in [0.1, 0.15) is 5.82 Å². The summed E-state index contributed by atoms with van der Waals surface area (Å²) < 4.78 is 1.11. The molecule has 0 aliphatic carbocycles. The topological polar surface area (TPSA) is 24.9 Å². The number of fused-ring (bicyclic) bond motifs is 1. The molecule has 0 saturated heterocycles. The van der Waals surface area contributed by atoms with Crippen LogP contribution in [0, 0.1) is 6.92 Å². The number of aromatic nitrogens is 1. The highest BCUT2D eigenvalue weighted by Gasteiger charge is 2.20. The molecule has 0 spiro atoms. The summed E-state index contributed by atoms with van der Waals surface area (Å²) in [7, 11) is 0. The Morgan fingerprint density at radius 2 is 1.90 bits per heavy atom. The van der Waals surface area contributed by atoms with Gasteiger partial charge in [-0.1, -0.05) is 43.6 Å². The largest absolute Gasteiger partial charge is 0.370 e. The molecule has 1 aromatic carbocycles. The summed E-state index contributed by atoms with van der Waals surface area (Å²) >= 11 is 3.58. The Hall–Kier alpha value is -1.09. The molecule has 1 N–H and O–H groups in total. The second-order valence-corrected chi connectivity index (χ2v) is 7.27. The number of rotatable bonds is 3. The fourth-order valence-corrected chi connectivity index (χ4v) is 2.96. The third-order valence-electron chi connectivity index (χ3n) is 3.42. The molecule has 0 fully saturated rings. The van der Waals surface area contributed by atoms with Gasteiger partial charge in [-0.15, -0.1) is 0 Å². The lowest BCUT2D eigenvalue weighted by Gasteiger charge is -2.23. The zero-order valence-corrected chi connectivity index (χ0v) is 14.6. The number of hydrogen-bond acceptors (Lipinski definition) is 2. The summed E-state index contributed by atoms with van der Waals surface area (Å²) in [4.78, 5) is 4.89. The van der Waals surface area contributed by atoms with E-state index in [2.05, 4.69) is 74.1 Å². The van der Waals surface area contributed by atoms with Crippen molar-refractivity contribution in [1.82, 2.24) is 4.98 Å². The Labute approximate surface area is 130 Å². The predicted octanol–water partition coefficient (Wildman–Crippen LogP) is 5.43. The molecule has 0 aliphatic rings. The highest BCUT2D eigenvalue weighted by molar-refractivity contribution is 9.10. The second-order valence-electron chi connectivity index (χ2n) is 6.36. The van der Waals surface area contributed by atoms with Crippen molar-refractivity contribution >= 4 is 32.7 Å². The molecule has 2 rings (SSSR count). The SMILES string of the molecule is CCCNc1nc2c(C)cc(Br)cc2cc1C(C)(C)C. The number of nitrogens with zero attached hydrogens (tertiary/aromatic N) is 1. The maximum Gasteiger partial charge on any atom is 0.130 e. The molecule has 20 heavy (non-hydrogen) atoms. The van der Waals surface area contributed by atoms with E-state index in [1.165, 1.54) is 16.5 Å². The van der Waals surface area contributed by atoms with Gasteiger partial charge in [0.25, 0.3) is 0 Å². The maximum absolute atomic E-state index is 4.89. The summed E-state index contributed by atoms with van der Waals surface area (Å²) in [5, 5.41) is 4.68. The third kappa shape index (κ3) is 3.14. The third-order valence-corrected chi connectivity index (χ3v) is 3.88. The van der Waals surface area contributed by atoms with Crippen LogP contribution in [0.2, 0.25) is 0 Å². The predicted molar refractivity (Wildman–Crippen MR) is 91.7 cm³/mol. The first kappa shape index (κ1) is 15.3. The van der Waals surface area contributed by atoms with Gasteiger partial charge in [0.2, 0.25) is 0 Å². The highest BCUT2D eigenvalue weighted by atomic mass is 79.9. The van der Waals surface area contributed by atoms with Crippen molar-refractivity contribution in [2.45, 2.75) is 46.5 Å². The van der Waals surface area contributed by atoms with Crippen LogP contribution in [0.3, 0.4) is 0 Å². The molecule has 0 saturated carbocycles. The first-order valence-corrected chi connectivity index (χ1v) is 7.97. The molecule has 2 nitrogen and oxygen atoms in total. The zero-order chi connectivity index (χ0) is 14.9. The lowest BCUT2D eigenvalue weighted by atomic mass is 9.86. The molecular formula is C17H23BrN2. The van der Waals surface area contributed by atoms with Crippen LogP contribution in [0.1, 0.15) is 45.2 Å². The van der Waals surface area contributed by atoms with Crippen molar-refractivity contribution in [1.29, 1.82) is 0 Å². The number of nitrogens with one attached hydrogen (secondary N) is 1. The number of hydrogen-bond donors (Lipinski definition) is 1. The number of aryl methyl sites for hydroxylation is 1. The molecule has 0 radical (unpaired) electrons. The summed E-state index contributed by atoms with van der Waals surface area (Å²) in [6, 6.07) is 6.54. The van der Waals surface area contributed by atoms with Gasteiger partial charge in [-0.25, -0.2) is 4.98 Å². The smallest absolute Gasteiger partial charge is 0.130 e. The molecule has 1 heterocycles. The van der Waals surface area contributed by atoms with Crippen molar-refractivity contribution < 1.29 is 0 Å². The van der Waals surface area contributed by atoms with Crippen LogP contribution in [0.25, 0.3) is 10.9 Å². The Kier molecular flexibility index (Phi) is 4.38. The van der Waals surface area contributed by atoms with Gasteiger partial charge in [0.05, 0.1) is 5.52 Å². The van der Waals surface area contributed by atoms with Crippen LogP contribution in [0.5, 0.6) is 0 Å². The second kappa shape index (κ2) is 5.72. The van der Waals surface area contributed by atoms with Crippen LogP contribution in [-0.4, -0.2) is 11.5 Å². The Morgan fingerprint density at radius 1 is 1.20 bits per heavy atom. The molecule has 0 atom stereocenters. The van der Waals surface area contributed by atoms with E-state index >= 15 is 0 Å². The minimum atomic E-state index is 0.0769. The van der Waals surface area contributed by atoms with Crippen molar-refractivity contribution in [3.8, 4) is 0 Å². The Morgan fingerprint density at radius 3 is 2.50 bits per heavy atom. The molecule has 108 valence electrons. The average molecular weight is 335 g/mol. The van der Waals surface area contributed by atoms with Gasteiger partial charge in [-0.2, -0.15) is 0 Å². The van der Waals surface area contributed by atoms with Crippen molar-refractivity contribution in [2.24, 2.45) is 0 Å². The molecule has 0 aliphatic heterocycles. The average Bonchev–Trinajstić information content (AvgIpc) is 2.34. The monoisotopic (exact) mass is 334 g/mol. The summed E-state index contributed by atoms with van der Waals surface area (Å²) in [5.41, 5.74) is 3.64. The van der Waals surface area contributed by atoms with E-state index < -0.39 is 0 Å². The molecular weight excluding hydrogens is 312 g/mol. The molecule has 1 aromatic heterocycles. The number of halogens is 1. The van der Waals surface area contributed by atoms with E-state index in [1.54, 1.807) is 0 Å². The molecule has 2 aromatic rings. The molecule has 0 amide bonds. The maximum atomic E-state index is 4.89. The number of benzene rings is 1. The van der Waals surface area contributed by atoms with Crippen LogP contribution in [0.4, 0.5) is 5.82 Å². The van der Waals surface area contributed by atoms with Gasteiger partial charge >= 0.3 is 0 Å². The lowest BCUT2D eigenvalue weighted by Crippen LogP contribution is -2.16. The fraction of sp³-hybridized carbons (Fsp3) is 0.471. The van der Waals surface area contributed by atoms with Crippen LogP contribution < -0.4 is 5.32 Å². The summed E-state index contributed by atoms with van der Waals surface area (Å²) in [5.74, 6) is 1.03. The van der Waals surface area contributed by atoms with E-state index in [9.17, 15) is 0 Å². The van der Waals surface area contributed by atoms with E-state index in [1.807, 2.05) is 0 Å². The number of anilines is 1. The number of pyridine rings is 1. The first-order valence-electron chi connectivity index (χ1n) is 7.18. The van der Waals surface area contributed by atoms with Gasteiger partial charge in [-0.3, -0.25) is 0 Å². The van der Waals surface area contributed by atoms with Crippen LogP contribution in [0.15, 0.2) is 22.7 Å². The minimum absolute atomic E-state index is 0.0769. The molecule has 3 heteroatoms. The van der Waals surface area contributed by atoms with Gasteiger partial charge in [0, 0.05) is 22.0 Å². The fourth-order valence-electron chi connectivity index (χ4n) is 2.37. The van der Waals surface area contributed by atoms with E-state index in [-0.39, 0.29) is 5.41 Å². The van der Waals surface area contributed by atoms with E-state index in [0.717, 1.165) is 28.8 Å². The molecule has 0 bridgehead atoms. The van der Waals surface area contributed by atoms with Crippen molar-refractivity contribution in [3.63, 3.8) is 0 Å². The van der Waals surface area contributed by atoms with Gasteiger partial charge in [-0.05, 0) is 42.5 Å². The van der Waals surface area contributed by atoms with Gasteiger partial charge < -0.3 is 5.32 Å². The minimum Gasteiger partial charge on any atom is -0.370 e. The normalized spacial score (nSPS) is 11.9. The van der Waals surface area contributed by atoms with Crippen LogP contribution in [-0.2, 0) is 5.41 Å². The van der Waals surface area contributed by atoms with Gasteiger partial charge in [0.15, 0.2) is 0 Å². The highest BCUT2D eigenvalue weighted by Crippen LogP contribution is 2.33. The lowest BCUT2D eigenvalue weighted by molar-refractivity contribution is 0.590.